The predicted octanol–water partition coefficient (Wildman–Crippen LogP) is 3.00. The molecule has 0 bridgehead atoms. The molecule has 4 nitrogen and oxygen atoms in total. The maximum Gasteiger partial charge on any atom is 0.243 e. The standard InChI is InChI=1S/C18H16ClN3O/c1-22-14(10-17(20)23)11-21-18(12-5-3-2-4-6-12)15-9-13(19)7-8-16(15)22/h2-10H,11H2,1H3,(H2,20,23)/b14-10-. The minimum atomic E-state index is -0.485. The minimum Gasteiger partial charge on any atom is -0.366 e. The molecule has 1 aliphatic rings. The largest absolute Gasteiger partial charge is 0.366 e. The van der Waals surface area contributed by atoms with E-state index in [9.17, 15) is 4.79 Å². The molecule has 116 valence electrons. The summed E-state index contributed by atoms with van der Waals surface area (Å²) in [6.07, 6.45) is 1.41. The fourth-order valence-corrected chi connectivity index (χ4v) is 2.82. The van der Waals surface area contributed by atoms with Gasteiger partial charge in [0.05, 0.1) is 17.9 Å². The van der Waals surface area contributed by atoms with Crippen molar-refractivity contribution >= 4 is 28.9 Å². The van der Waals surface area contributed by atoms with Gasteiger partial charge in [0.25, 0.3) is 0 Å². The number of primary amides is 1. The molecule has 3 rings (SSSR count). The van der Waals surface area contributed by atoms with E-state index in [-0.39, 0.29) is 0 Å². The van der Waals surface area contributed by atoms with Crippen LogP contribution in [0.15, 0.2) is 65.3 Å². The number of likely N-dealkylation sites (N-methyl/N-ethyl adjacent to an activating group) is 1. The summed E-state index contributed by atoms with van der Waals surface area (Å²) in [5.41, 5.74) is 9.77. The number of anilines is 1. The lowest BCUT2D eigenvalue weighted by molar-refractivity contribution is -0.113. The third-order valence-corrected chi connectivity index (χ3v) is 4.00. The number of nitrogens with two attached hydrogens (primary N) is 1. The Morgan fingerprint density at radius 2 is 2.00 bits per heavy atom. The van der Waals surface area contributed by atoms with Crippen molar-refractivity contribution in [2.45, 2.75) is 0 Å². The van der Waals surface area contributed by atoms with E-state index in [2.05, 4.69) is 0 Å². The van der Waals surface area contributed by atoms with E-state index in [4.69, 9.17) is 22.3 Å². The molecule has 1 aliphatic heterocycles. The van der Waals surface area contributed by atoms with Crippen LogP contribution >= 0.6 is 11.6 Å². The van der Waals surface area contributed by atoms with E-state index in [1.165, 1.54) is 6.08 Å². The number of benzodiazepines with no additional fused rings is 1. The summed E-state index contributed by atoms with van der Waals surface area (Å²) in [5.74, 6) is -0.485. The lowest BCUT2D eigenvalue weighted by Gasteiger charge is -2.22. The number of carbonyl (C=O) groups excluding carboxylic acids is 1. The van der Waals surface area contributed by atoms with Crippen LogP contribution in [0.1, 0.15) is 11.1 Å². The van der Waals surface area contributed by atoms with Crippen molar-refractivity contribution in [3.05, 3.63) is 76.5 Å². The van der Waals surface area contributed by atoms with Crippen LogP contribution in [-0.4, -0.2) is 25.2 Å². The average molecular weight is 326 g/mol. The van der Waals surface area contributed by atoms with E-state index in [1.807, 2.05) is 60.5 Å². The minimum absolute atomic E-state index is 0.371. The molecule has 5 heteroatoms. The van der Waals surface area contributed by atoms with E-state index in [0.717, 1.165) is 28.2 Å². The summed E-state index contributed by atoms with van der Waals surface area (Å²) in [7, 11) is 1.89. The fourth-order valence-electron chi connectivity index (χ4n) is 2.65. The predicted molar refractivity (Wildman–Crippen MR) is 94.1 cm³/mol. The summed E-state index contributed by atoms with van der Waals surface area (Å²) in [4.78, 5) is 17.9. The Morgan fingerprint density at radius 1 is 1.26 bits per heavy atom. The maximum atomic E-state index is 11.3. The highest BCUT2D eigenvalue weighted by molar-refractivity contribution is 6.31. The van der Waals surface area contributed by atoms with Crippen LogP contribution in [0, 0.1) is 0 Å². The van der Waals surface area contributed by atoms with Crippen molar-refractivity contribution in [1.82, 2.24) is 0 Å². The monoisotopic (exact) mass is 325 g/mol. The Labute approximate surface area is 139 Å². The number of aliphatic imine (C=N–C) groups is 1. The van der Waals surface area contributed by atoms with Crippen molar-refractivity contribution in [3.63, 3.8) is 0 Å². The SMILES string of the molecule is CN1/C(=C\C(N)=O)CN=C(c2ccccc2)c2cc(Cl)ccc21. The number of benzene rings is 2. The van der Waals surface area contributed by atoms with Gasteiger partial charge in [-0.1, -0.05) is 41.9 Å². The molecule has 0 fully saturated rings. The molecule has 0 saturated heterocycles. The molecule has 1 amide bonds. The first-order chi connectivity index (χ1) is 11.1. The molecule has 23 heavy (non-hydrogen) atoms. The van der Waals surface area contributed by atoms with Crippen LogP contribution in [0.3, 0.4) is 0 Å². The van der Waals surface area contributed by atoms with Gasteiger partial charge in [0, 0.05) is 35.0 Å². The zero-order valence-electron chi connectivity index (χ0n) is 12.7. The van der Waals surface area contributed by atoms with Crippen molar-refractivity contribution in [2.24, 2.45) is 10.7 Å². The Morgan fingerprint density at radius 3 is 2.70 bits per heavy atom. The second-order valence-corrected chi connectivity index (χ2v) is 5.73. The molecule has 0 spiro atoms. The lowest BCUT2D eigenvalue weighted by Crippen LogP contribution is -2.21. The van der Waals surface area contributed by atoms with Crippen LogP contribution in [-0.2, 0) is 4.79 Å². The number of hydrogen-bond donors (Lipinski definition) is 1. The van der Waals surface area contributed by atoms with Gasteiger partial charge in [0.15, 0.2) is 0 Å². The van der Waals surface area contributed by atoms with Gasteiger partial charge in [-0.15, -0.1) is 0 Å². The Balaban J connectivity index is 2.21. The van der Waals surface area contributed by atoms with Crippen LogP contribution in [0.25, 0.3) is 0 Å². The number of rotatable bonds is 2. The summed E-state index contributed by atoms with van der Waals surface area (Å²) in [6.45, 7) is 0.371. The summed E-state index contributed by atoms with van der Waals surface area (Å²) >= 11 is 6.19. The highest BCUT2D eigenvalue weighted by Gasteiger charge is 2.21. The second-order valence-electron chi connectivity index (χ2n) is 5.29. The van der Waals surface area contributed by atoms with E-state index in [1.54, 1.807) is 0 Å². The van der Waals surface area contributed by atoms with E-state index in [0.29, 0.717) is 11.6 Å². The van der Waals surface area contributed by atoms with Crippen LogP contribution < -0.4 is 10.6 Å². The third-order valence-electron chi connectivity index (χ3n) is 3.76. The number of fused-ring (bicyclic) bond motifs is 1. The van der Waals surface area contributed by atoms with Gasteiger partial charge in [-0.2, -0.15) is 0 Å². The molecular weight excluding hydrogens is 310 g/mol. The van der Waals surface area contributed by atoms with Crippen molar-refractivity contribution < 1.29 is 4.79 Å². The van der Waals surface area contributed by atoms with Crippen molar-refractivity contribution in [1.29, 1.82) is 0 Å². The zero-order chi connectivity index (χ0) is 16.4. The third kappa shape index (κ3) is 3.12. The van der Waals surface area contributed by atoms with Crippen LogP contribution in [0.5, 0.6) is 0 Å². The number of carbonyl (C=O) groups is 1. The summed E-state index contributed by atoms with van der Waals surface area (Å²) in [6, 6.07) is 15.6. The van der Waals surface area contributed by atoms with Crippen LogP contribution in [0.4, 0.5) is 5.69 Å². The molecule has 0 unspecified atom stereocenters. The van der Waals surface area contributed by atoms with Gasteiger partial charge in [0.1, 0.15) is 0 Å². The first-order valence-corrected chi connectivity index (χ1v) is 7.57. The zero-order valence-corrected chi connectivity index (χ0v) is 13.4. The van der Waals surface area contributed by atoms with Gasteiger partial charge in [-0.25, -0.2) is 0 Å². The number of amides is 1. The van der Waals surface area contributed by atoms with Gasteiger partial charge in [-0.05, 0) is 18.2 Å². The summed E-state index contributed by atoms with van der Waals surface area (Å²) < 4.78 is 0. The number of nitrogens with zero attached hydrogens (tertiary/aromatic N) is 2. The van der Waals surface area contributed by atoms with E-state index >= 15 is 0 Å². The molecule has 0 saturated carbocycles. The van der Waals surface area contributed by atoms with E-state index < -0.39 is 5.91 Å². The molecule has 2 aromatic carbocycles. The number of halogens is 1. The van der Waals surface area contributed by atoms with Gasteiger partial charge in [-0.3, -0.25) is 9.79 Å². The smallest absolute Gasteiger partial charge is 0.243 e. The molecule has 2 aromatic rings. The van der Waals surface area contributed by atoms with Crippen molar-refractivity contribution in [3.8, 4) is 0 Å². The Bertz CT molecular complexity index is 812. The number of hydrogen-bond acceptors (Lipinski definition) is 3. The molecular formula is C18H16ClN3O. The second kappa shape index (κ2) is 6.26. The highest BCUT2D eigenvalue weighted by Crippen LogP contribution is 2.31. The molecule has 0 aliphatic carbocycles. The molecule has 0 aromatic heterocycles. The molecule has 0 atom stereocenters. The molecule has 1 heterocycles. The Hall–Kier alpha value is -2.59. The first-order valence-electron chi connectivity index (χ1n) is 7.20. The topological polar surface area (TPSA) is 58.7 Å². The first kappa shape index (κ1) is 15.3. The molecule has 2 N–H and O–H groups in total. The van der Waals surface area contributed by atoms with Crippen molar-refractivity contribution in [2.75, 3.05) is 18.5 Å². The average Bonchev–Trinajstić information content (AvgIpc) is 2.66. The summed E-state index contributed by atoms with van der Waals surface area (Å²) in [5, 5.41) is 0.642. The Kier molecular flexibility index (Phi) is 4.17. The van der Waals surface area contributed by atoms with Gasteiger partial charge >= 0.3 is 0 Å². The van der Waals surface area contributed by atoms with Gasteiger partial charge < -0.3 is 10.6 Å². The molecule has 0 radical (unpaired) electrons. The highest BCUT2D eigenvalue weighted by atomic mass is 35.5. The fraction of sp³-hybridized carbons (Fsp3) is 0.111. The normalized spacial score (nSPS) is 15.8. The van der Waals surface area contributed by atoms with Gasteiger partial charge in [0.2, 0.25) is 5.91 Å². The maximum absolute atomic E-state index is 11.3. The quantitative estimate of drug-likeness (QED) is 0.863. The van der Waals surface area contributed by atoms with Crippen LogP contribution in [0.2, 0.25) is 5.02 Å². The lowest BCUT2D eigenvalue weighted by atomic mass is 10.0.